The fourth-order valence-electron chi connectivity index (χ4n) is 2.26. The molecule has 4 nitrogen and oxygen atoms in total. The third kappa shape index (κ3) is 1.86. The van der Waals surface area contributed by atoms with Crippen molar-refractivity contribution in [2.75, 3.05) is 19.0 Å². The highest BCUT2D eigenvalue weighted by atomic mass is 16.5. The first kappa shape index (κ1) is 10.2. The molecule has 1 aliphatic rings. The van der Waals surface area contributed by atoms with Crippen LogP contribution in [-0.2, 0) is 12.8 Å². The zero-order chi connectivity index (χ0) is 11.7. The molecule has 0 radical (unpaired) electrons. The minimum absolute atomic E-state index is 0.876. The monoisotopic (exact) mass is 229 g/mol. The maximum absolute atomic E-state index is 5.23. The van der Waals surface area contributed by atoms with E-state index in [9.17, 15) is 0 Å². The van der Waals surface area contributed by atoms with Crippen molar-refractivity contribution in [1.29, 1.82) is 0 Å². The minimum Gasteiger partial charge on any atom is -0.497 e. The molecule has 4 heteroatoms. The van der Waals surface area contributed by atoms with E-state index in [1.165, 1.54) is 16.8 Å². The third-order valence-corrected chi connectivity index (χ3v) is 3.14. The van der Waals surface area contributed by atoms with E-state index in [4.69, 9.17) is 4.74 Å². The van der Waals surface area contributed by atoms with Gasteiger partial charge in [-0.3, -0.25) is 5.10 Å². The van der Waals surface area contributed by atoms with Gasteiger partial charge < -0.3 is 10.1 Å². The van der Waals surface area contributed by atoms with E-state index in [-0.39, 0.29) is 0 Å². The topological polar surface area (TPSA) is 49.9 Å². The van der Waals surface area contributed by atoms with E-state index < -0.39 is 0 Å². The number of aromatic amines is 1. The number of anilines is 1. The molecule has 2 aromatic rings. The fraction of sp³-hybridized carbons (Fsp3) is 0.308. The lowest BCUT2D eigenvalue weighted by Gasteiger charge is -2.04. The number of nitrogens with one attached hydrogen (secondary N) is 2. The smallest absolute Gasteiger partial charge is 0.151 e. The van der Waals surface area contributed by atoms with Crippen LogP contribution in [0.5, 0.6) is 5.75 Å². The normalized spacial score (nSPS) is 13.2. The van der Waals surface area contributed by atoms with Gasteiger partial charge in [-0.25, -0.2) is 0 Å². The van der Waals surface area contributed by atoms with Gasteiger partial charge in [0.25, 0.3) is 0 Å². The molecule has 2 heterocycles. The van der Waals surface area contributed by atoms with Gasteiger partial charge in [0.05, 0.1) is 7.11 Å². The van der Waals surface area contributed by atoms with Crippen LogP contribution in [0.4, 0.5) is 5.82 Å². The van der Waals surface area contributed by atoms with Crippen LogP contribution in [0.2, 0.25) is 0 Å². The molecular formula is C13H15N3O. The number of aromatic nitrogens is 2. The van der Waals surface area contributed by atoms with Crippen LogP contribution in [0.15, 0.2) is 24.3 Å². The van der Waals surface area contributed by atoms with Crippen LogP contribution in [0, 0.1) is 0 Å². The van der Waals surface area contributed by atoms with Gasteiger partial charge in [0.2, 0.25) is 0 Å². The summed E-state index contributed by atoms with van der Waals surface area (Å²) in [6.07, 6.45) is 1.94. The second-order valence-electron chi connectivity index (χ2n) is 4.23. The van der Waals surface area contributed by atoms with Gasteiger partial charge in [0.1, 0.15) is 5.75 Å². The number of ether oxygens (including phenoxy) is 1. The molecular weight excluding hydrogens is 214 g/mol. The predicted molar refractivity (Wildman–Crippen MR) is 66.6 cm³/mol. The number of rotatable bonds is 3. The van der Waals surface area contributed by atoms with Gasteiger partial charge in [-0.2, -0.15) is 5.10 Å². The highest BCUT2D eigenvalue weighted by molar-refractivity contribution is 5.52. The van der Waals surface area contributed by atoms with Crippen molar-refractivity contribution in [2.24, 2.45) is 0 Å². The molecule has 0 aliphatic carbocycles. The maximum atomic E-state index is 5.23. The van der Waals surface area contributed by atoms with Crippen LogP contribution >= 0.6 is 0 Å². The average molecular weight is 229 g/mol. The molecule has 1 aromatic carbocycles. The Hall–Kier alpha value is -1.97. The van der Waals surface area contributed by atoms with Crippen LogP contribution in [0.25, 0.3) is 0 Å². The second kappa shape index (κ2) is 4.13. The molecule has 0 fully saturated rings. The van der Waals surface area contributed by atoms with Crippen molar-refractivity contribution in [1.82, 2.24) is 10.2 Å². The van der Waals surface area contributed by atoms with Crippen LogP contribution < -0.4 is 10.1 Å². The van der Waals surface area contributed by atoms with Gasteiger partial charge in [-0.05, 0) is 24.1 Å². The van der Waals surface area contributed by atoms with E-state index in [1.54, 1.807) is 7.11 Å². The van der Waals surface area contributed by atoms with E-state index >= 15 is 0 Å². The number of H-pyrrole nitrogens is 1. The lowest BCUT2D eigenvalue weighted by atomic mass is 10.1. The molecule has 1 aliphatic heterocycles. The van der Waals surface area contributed by atoms with Gasteiger partial charge in [0.15, 0.2) is 5.82 Å². The Morgan fingerprint density at radius 2 is 2.35 bits per heavy atom. The standard InChI is InChI=1S/C13H15N3O/c1-17-10-4-2-3-9(7-10)8-12-11-5-6-14-13(11)16-15-12/h2-4,7H,5-6,8H2,1H3,(H2,14,15,16). The highest BCUT2D eigenvalue weighted by Gasteiger charge is 2.17. The SMILES string of the molecule is COc1cccc(Cc2[nH]nc3c2CCN3)c1. The van der Waals surface area contributed by atoms with Crippen molar-refractivity contribution >= 4 is 5.82 Å². The molecule has 0 bridgehead atoms. The first-order valence-electron chi connectivity index (χ1n) is 5.80. The summed E-state index contributed by atoms with van der Waals surface area (Å²) < 4.78 is 5.23. The summed E-state index contributed by atoms with van der Waals surface area (Å²) in [5, 5.41) is 10.6. The summed E-state index contributed by atoms with van der Waals surface area (Å²) in [7, 11) is 1.69. The predicted octanol–water partition coefficient (Wildman–Crippen LogP) is 1.98. The molecule has 3 rings (SSSR count). The van der Waals surface area contributed by atoms with Crippen LogP contribution in [0.3, 0.4) is 0 Å². The number of nitrogens with zero attached hydrogens (tertiary/aromatic N) is 1. The van der Waals surface area contributed by atoms with E-state index in [2.05, 4.69) is 27.6 Å². The molecule has 0 unspecified atom stereocenters. The summed E-state index contributed by atoms with van der Waals surface area (Å²) in [6, 6.07) is 8.15. The summed E-state index contributed by atoms with van der Waals surface area (Å²) in [4.78, 5) is 0. The van der Waals surface area contributed by atoms with E-state index in [0.717, 1.165) is 31.0 Å². The van der Waals surface area contributed by atoms with Crippen molar-refractivity contribution in [3.8, 4) is 5.75 Å². The zero-order valence-corrected chi connectivity index (χ0v) is 9.79. The van der Waals surface area contributed by atoms with E-state index in [0.29, 0.717) is 0 Å². The highest BCUT2D eigenvalue weighted by Crippen LogP contribution is 2.25. The number of benzene rings is 1. The molecule has 0 spiro atoms. The Bertz CT molecular complexity index is 533. The third-order valence-electron chi connectivity index (χ3n) is 3.14. The lowest BCUT2D eigenvalue weighted by molar-refractivity contribution is 0.414. The summed E-state index contributed by atoms with van der Waals surface area (Å²) in [5.74, 6) is 1.92. The Morgan fingerprint density at radius 3 is 3.24 bits per heavy atom. The van der Waals surface area contributed by atoms with Crippen molar-refractivity contribution in [3.63, 3.8) is 0 Å². The molecule has 88 valence electrons. The first-order chi connectivity index (χ1) is 8.36. The quantitative estimate of drug-likeness (QED) is 0.846. The zero-order valence-electron chi connectivity index (χ0n) is 9.79. The van der Waals surface area contributed by atoms with Gasteiger partial charge in [0, 0.05) is 24.2 Å². The van der Waals surface area contributed by atoms with Crippen LogP contribution in [-0.4, -0.2) is 23.9 Å². The number of hydrogen-bond donors (Lipinski definition) is 2. The molecule has 1 aromatic heterocycles. The Morgan fingerprint density at radius 1 is 1.41 bits per heavy atom. The van der Waals surface area contributed by atoms with Crippen molar-refractivity contribution in [3.05, 3.63) is 41.1 Å². The lowest BCUT2D eigenvalue weighted by Crippen LogP contribution is -1.97. The summed E-state index contributed by atoms with van der Waals surface area (Å²) >= 11 is 0. The fourth-order valence-corrected chi connectivity index (χ4v) is 2.26. The average Bonchev–Trinajstić information content (AvgIpc) is 2.94. The molecule has 17 heavy (non-hydrogen) atoms. The molecule has 0 atom stereocenters. The number of hydrogen-bond acceptors (Lipinski definition) is 3. The Labute approximate surface area is 100 Å². The maximum Gasteiger partial charge on any atom is 0.151 e. The summed E-state index contributed by atoms with van der Waals surface area (Å²) in [6.45, 7) is 0.997. The van der Waals surface area contributed by atoms with Gasteiger partial charge in [-0.1, -0.05) is 12.1 Å². The van der Waals surface area contributed by atoms with Gasteiger partial charge in [-0.15, -0.1) is 0 Å². The number of methoxy groups -OCH3 is 1. The van der Waals surface area contributed by atoms with Crippen molar-refractivity contribution in [2.45, 2.75) is 12.8 Å². The molecule has 0 amide bonds. The largest absolute Gasteiger partial charge is 0.497 e. The summed E-state index contributed by atoms with van der Waals surface area (Å²) in [5.41, 5.74) is 3.77. The Balaban J connectivity index is 1.86. The number of fused-ring (bicyclic) bond motifs is 1. The first-order valence-corrected chi connectivity index (χ1v) is 5.80. The van der Waals surface area contributed by atoms with Crippen LogP contribution in [0.1, 0.15) is 16.8 Å². The minimum atomic E-state index is 0.876. The second-order valence-corrected chi connectivity index (χ2v) is 4.23. The molecule has 0 saturated carbocycles. The molecule has 0 saturated heterocycles. The van der Waals surface area contributed by atoms with Gasteiger partial charge >= 0.3 is 0 Å². The molecule has 2 N–H and O–H groups in total. The Kier molecular flexibility index (Phi) is 2.48. The van der Waals surface area contributed by atoms with Crippen molar-refractivity contribution < 1.29 is 4.74 Å². The van der Waals surface area contributed by atoms with E-state index in [1.807, 2.05) is 12.1 Å².